The Bertz CT molecular complexity index is 977. The molecular weight excluding hydrogens is 394 g/mol. The van der Waals surface area contributed by atoms with E-state index in [1.165, 1.54) is 5.56 Å². The smallest absolute Gasteiger partial charge is 0.257 e. The lowest BCUT2D eigenvalue weighted by molar-refractivity contribution is 0.0347. The molecule has 30 heavy (non-hydrogen) atoms. The van der Waals surface area contributed by atoms with E-state index >= 15 is 0 Å². The number of benzene rings is 2. The number of anilines is 1. The fourth-order valence-electron chi connectivity index (χ4n) is 3.48. The summed E-state index contributed by atoms with van der Waals surface area (Å²) in [4.78, 5) is 21.1. The van der Waals surface area contributed by atoms with Crippen LogP contribution in [0.1, 0.15) is 40.6 Å². The van der Waals surface area contributed by atoms with Crippen molar-refractivity contribution in [1.29, 1.82) is 0 Å². The maximum absolute atomic E-state index is 12.8. The molecule has 0 unspecified atom stereocenters. The van der Waals surface area contributed by atoms with Gasteiger partial charge in [0, 0.05) is 35.6 Å². The number of hydrogen-bond acceptors (Lipinski definition) is 5. The fourth-order valence-corrected chi connectivity index (χ4v) is 4.51. The number of carbonyl (C=O) groups excluding carboxylic acids is 1. The van der Waals surface area contributed by atoms with Gasteiger partial charge in [0.25, 0.3) is 5.91 Å². The number of thiazole rings is 1. The molecule has 1 aliphatic rings. The Kier molecular flexibility index (Phi) is 6.57. The van der Waals surface area contributed by atoms with Crippen molar-refractivity contribution < 1.29 is 9.53 Å². The minimum absolute atomic E-state index is 0.128. The van der Waals surface area contributed by atoms with Crippen molar-refractivity contribution >= 4 is 22.4 Å². The van der Waals surface area contributed by atoms with Gasteiger partial charge in [-0.2, -0.15) is 0 Å². The van der Waals surface area contributed by atoms with Crippen LogP contribution >= 0.6 is 11.3 Å². The zero-order valence-electron chi connectivity index (χ0n) is 17.4. The molecule has 1 amide bonds. The van der Waals surface area contributed by atoms with Crippen LogP contribution in [0.4, 0.5) is 5.13 Å². The third kappa shape index (κ3) is 4.95. The van der Waals surface area contributed by atoms with Gasteiger partial charge in [-0.1, -0.05) is 67.6 Å². The standard InChI is InChI=1S/C24H27N3O2S/c1-17(2)18-8-10-20(11-9-18)23(28)26-24-25-22(19-6-4-3-5-7-19)21(30-24)16-27-12-14-29-15-13-27/h3-11,17H,12-16H2,1-2H3,(H,25,26,28). The quantitative estimate of drug-likeness (QED) is 0.607. The molecule has 2 aromatic carbocycles. The Morgan fingerprint density at radius 2 is 1.80 bits per heavy atom. The molecular formula is C24H27N3O2S. The molecule has 1 N–H and O–H groups in total. The van der Waals surface area contributed by atoms with E-state index in [1.807, 2.05) is 42.5 Å². The summed E-state index contributed by atoms with van der Waals surface area (Å²) < 4.78 is 5.47. The molecule has 6 heteroatoms. The van der Waals surface area contributed by atoms with E-state index in [0.717, 1.165) is 49.0 Å². The van der Waals surface area contributed by atoms with Gasteiger partial charge in [-0.25, -0.2) is 4.98 Å². The van der Waals surface area contributed by atoms with Gasteiger partial charge in [-0.05, 0) is 23.6 Å². The fraction of sp³-hybridized carbons (Fsp3) is 0.333. The molecule has 0 radical (unpaired) electrons. The van der Waals surface area contributed by atoms with Crippen LogP contribution in [0.25, 0.3) is 11.3 Å². The zero-order chi connectivity index (χ0) is 20.9. The van der Waals surface area contributed by atoms with E-state index in [1.54, 1.807) is 11.3 Å². The number of ether oxygens (including phenoxy) is 1. The summed E-state index contributed by atoms with van der Waals surface area (Å²) in [5.41, 5.74) is 3.88. The zero-order valence-corrected chi connectivity index (χ0v) is 18.2. The molecule has 1 fully saturated rings. The normalized spacial score (nSPS) is 14.8. The second-order valence-electron chi connectivity index (χ2n) is 7.78. The molecule has 1 aliphatic heterocycles. The van der Waals surface area contributed by atoms with E-state index in [2.05, 4.69) is 36.2 Å². The van der Waals surface area contributed by atoms with Crippen LogP contribution < -0.4 is 5.32 Å². The minimum Gasteiger partial charge on any atom is -0.379 e. The van der Waals surface area contributed by atoms with Gasteiger partial charge in [-0.15, -0.1) is 0 Å². The molecule has 156 valence electrons. The molecule has 0 aliphatic carbocycles. The van der Waals surface area contributed by atoms with Gasteiger partial charge in [0.1, 0.15) is 0 Å². The minimum atomic E-state index is -0.128. The number of morpholine rings is 1. The van der Waals surface area contributed by atoms with E-state index in [-0.39, 0.29) is 5.91 Å². The highest BCUT2D eigenvalue weighted by Gasteiger charge is 2.19. The van der Waals surface area contributed by atoms with Crippen molar-refractivity contribution in [3.8, 4) is 11.3 Å². The van der Waals surface area contributed by atoms with Crippen LogP contribution in [0, 0.1) is 0 Å². The van der Waals surface area contributed by atoms with E-state index in [0.29, 0.717) is 16.6 Å². The molecule has 1 aromatic heterocycles. The van der Waals surface area contributed by atoms with Gasteiger partial charge >= 0.3 is 0 Å². The van der Waals surface area contributed by atoms with Crippen molar-refractivity contribution in [2.75, 3.05) is 31.6 Å². The van der Waals surface area contributed by atoms with Crippen molar-refractivity contribution in [1.82, 2.24) is 9.88 Å². The highest BCUT2D eigenvalue weighted by atomic mass is 32.1. The largest absolute Gasteiger partial charge is 0.379 e. The van der Waals surface area contributed by atoms with Crippen molar-refractivity contribution in [3.63, 3.8) is 0 Å². The van der Waals surface area contributed by atoms with Crippen LogP contribution in [0.2, 0.25) is 0 Å². The third-order valence-corrected chi connectivity index (χ3v) is 6.23. The maximum Gasteiger partial charge on any atom is 0.257 e. The summed E-state index contributed by atoms with van der Waals surface area (Å²) in [6.45, 7) is 8.44. The topological polar surface area (TPSA) is 54.5 Å². The molecule has 0 spiro atoms. The number of amides is 1. The maximum atomic E-state index is 12.8. The molecule has 1 saturated heterocycles. The third-order valence-electron chi connectivity index (χ3n) is 5.28. The number of nitrogens with one attached hydrogen (secondary N) is 1. The summed E-state index contributed by atoms with van der Waals surface area (Å²) in [7, 11) is 0. The second kappa shape index (κ2) is 9.51. The SMILES string of the molecule is CC(C)c1ccc(C(=O)Nc2nc(-c3ccccc3)c(CN3CCOCC3)s2)cc1. The van der Waals surface area contributed by atoms with Gasteiger partial charge < -0.3 is 4.74 Å². The molecule has 0 atom stereocenters. The molecule has 0 saturated carbocycles. The first-order chi connectivity index (χ1) is 14.6. The van der Waals surface area contributed by atoms with Gasteiger partial charge in [0.15, 0.2) is 5.13 Å². The molecule has 0 bridgehead atoms. The Labute approximate surface area is 181 Å². The predicted molar refractivity (Wildman–Crippen MR) is 122 cm³/mol. The Morgan fingerprint density at radius 1 is 1.10 bits per heavy atom. The number of hydrogen-bond donors (Lipinski definition) is 1. The second-order valence-corrected chi connectivity index (χ2v) is 8.86. The van der Waals surface area contributed by atoms with E-state index in [9.17, 15) is 4.79 Å². The Morgan fingerprint density at radius 3 is 2.47 bits per heavy atom. The number of aromatic nitrogens is 1. The van der Waals surface area contributed by atoms with Crippen LogP contribution in [-0.2, 0) is 11.3 Å². The lowest BCUT2D eigenvalue weighted by atomic mass is 10.0. The first kappa shape index (κ1) is 20.7. The lowest BCUT2D eigenvalue weighted by Gasteiger charge is -2.26. The molecule has 4 rings (SSSR count). The van der Waals surface area contributed by atoms with Crippen LogP contribution in [0.15, 0.2) is 54.6 Å². The first-order valence-corrected chi connectivity index (χ1v) is 11.2. The molecule has 3 aromatic rings. The number of nitrogens with zero attached hydrogens (tertiary/aromatic N) is 2. The summed E-state index contributed by atoms with van der Waals surface area (Å²) in [6, 6.07) is 17.9. The van der Waals surface area contributed by atoms with Crippen LogP contribution in [0.5, 0.6) is 0 Å². The molecule has 5 nitrogen and oxygen atoms in total. The summed E-state index contributed by atoms with van der Waals surface area (Å²) in [5, 5.41) is 3.63. The van der Waals surface area contributed by atoms with Crippen molar-refractivity contribution in [2.24, 2.45) is 0 Å². The van der Waals surface area contributed by atoms with E-state index in [4.69, 9.17) is 9.72 Å². The summed E-state index contributed by atoms with van der Waals surface area (Å²) >= 11 is 1.55. The highest BCUT2D eigenvalue weighted by Crippen LogP contribution is 2.32. The van der Waals surface area contributed by atoms with Crippen LogP contribution in [-0.4, -0.2) is 42.1 Å². The Balaban J connectivity index is 1.56. The van der Waals surface area contributed by atoms with Crippen molar-refractivity contribution in [3.05, 3.63) is 70.6 Å². The number of rotatable bonds is 6. The van der Waals surface area contributed by atoms with Crippen LogP contribution in [0.3, 0.4) is 0 Å². The average molecular weight is 422 g/mol. The van der Waals surface area contributed by atoms with Gasteiger partial charge in [0.05, 0.1) is 18.9 Å². The Hall–Kier alpha value is -2.54. The average Bonchev–Trinajstić information content (AvgIpc) is 3.17. The van der Waals surface area contributed by atoms with E-state index < -0.39 is 0 Å². The van der Waals surface area contributed by atoms with Gasteiger partial charge in [0.2, 0.25) is 0 Å². The first-order valence-electron chi connectivity index (χ1n) is 10.4. The molecule has 2 heterocycles. The lowest BCUT2D eigenvalue weighted by Crippen LogP contribution is -2.35. The summed E-state index contributed by atoms with van der Waals surface area (Å²) in [6.07, 6.45) is 0. The van der Waals surface area contributed by atoms with Crippen molar-refractivity contribution in [2.45, 2.75) is 26.3 Å². The monoisotopic (exact) mass is 421 g/mol. The van der Waals surface area contributed by atoms with Gasteiger partial charge in [-0.3, -0.25) is 15.0 Å². The number of carbonyl (C=O) groups is 1. The highest BCUT2D eigenvalue weighted by molar-refractivity contribution is 7.16. The predicted octanol–water partition coefficient (Wildman–Crippen LogP) is 5.02. The summed E-state index contributed by atoms with van der Waals surface area (Å²) in [5.74, 6) is 0.314.